The minimum absolute atomic E-state index is 0.0733. The fourth-order valence-corrected chi connectivity index (χ4v) is 10.5. The summed E-state index contributed by atoms with van der Waals surface area (Å²) >= 11 is 0. The molecule has 6 heteroatoms. The zero-order valence-electron chi connectivity index (χ0n) is 53.2. The van der Waals surface area contributed by atoms with Gasteiger partial charge in [0.2, 0.25) is 0 Å². The number of hydrogen-bond acceptors (Lipinski definition) is 6. The van der Waals surface area contributed by atoms with Crippen molar-refractivity contribution in [2.45, 2.75) is 386 Å². The van der Waals surface area contributed by atoms with Gasteiger partial charge >= 0.3 is 17.9 Å². The van der Waals surface area contributed by atoms with Crippen molar-refractivity contribution >= 4 is 17.9 Å². The number of hydrogen-bond donors (Lipinski definition) is 0. The Labute approximate surface area is 492 Å². The first kappa shape index (κ1) is 76.4. The van der Waals surface area contributed by atoms with Crippen LogP contribution in [0.15, 0.2) is 48.6 Å². The molecule has 0 aromatic heterocycles. The summed E-state index contributed by atoms with van der Waals surface area (Å²) in [5, 5.41) is 0. The zero-order chi connectivity index (χ0) is 57.1. The van der Waals surface area contributed by atoms with Crippen molar-refractivity contribution in [3.63, 3.8) is 0 Å². The van der Waals surface area contributed by atoms with Crippen LogP contribution in [-0.2, 0) is 28.6 Å². The molecule has 1 unspecified atom stereocenters. The Bertz CT molecular complexity index is 1360. The lowest BCUT2D eigenvalue weighted by atomic mass is 10.0. The zero-order valence-corrected chi connectivity index (χ0v) is 53.2. The number of allylic oxidation sites excluding steroid dienone is 8. The van der Waals surface area contributed by atoms with Gasteiger partial charge in [-0.15, -0.1) is 0 Å². The second kappa shape index (κ2) is 67.9. The molecule has 0 saturated heterocycles. The summed E-state index contributed by atoms with van der Waals surface area (Å²) in [6.07, 6.45) is 85.8. The summed E-state index contributed by atoms with van der Waals surface area (Å²) in [5.41, 5.74) is 0. The number of ether oxygens (including phenoxy) is 3. The molecule has 0 aromatic carbocycles. The van der Waals surface area contributed by atoms with E-state index in [2.05, 4.69) is 69.4 Å². The van der Waals surface area contributed by atoms with Crippen LogP contribution in [0.4, 0.5) is 0 Å². The first-order valence-corrected chi connectivity index (χ1v) is 35.1. The van der Waals surface area contributed by atoms with Crippen molar-refractivity contribution in [3.05, 3.63) is 48.6 Å². The van der Waals surface area contributed by atoms with E-state index in [-0.39, 0.29) is 31.1 Å². The molecule has 1 atom stereocenters. The lowest BCUT2D eigenvalue weighted by molar-refractivity contribution is -0.167. The number of rotatable bonds is 65. The standard InChI is InChI=1S/C73H134O6/c1-4-7-10-13-16-19-22-25-28-29-30-31-32-33-34-35-36-37-38-39-40-41-42-43-44-45-46-49-51-54-57-60-63-66-72(75)78-69-70(79-73(76)67-64-61-58-55-52-48-27-24-21-18-15-12-9-6-3)68-77-71(74)65-62-59-56-53-50-47-26-23-20-17-14-11-8-5-2/h15,18,22,24-25,27,29-30,70H,4-14,16-17,19-21,23,26,28,31-69H2,1-3H3/b18-15-,25-22-,27-24-,30-29-. The van der Waals surface area contributed by atoms with Gasteiger partial charge in [0.1, 0.15) is 13.2 Å². The van der Waals surface area contributed by atoms with Crippen molar-refractivity contribution in [2.75, 3.05) is 13.2 Å². The van der Waals surface area contributed by atoms with Crippen LogP contribution >= 0.6 is 0 Å². The second-order valence-electron chi connectivity index (χ2n) is 23.8. The van der Waals surface area contributed by atoms with E-state index in [1.807, 2.05) is 0 Å². The highest BCUT2D eigenvalue weighted by Gasteiger charge is 2.19. The Kier molecular flexibility index (Phi) is 65.6. The lowest BCUT2D eigenvalue weighted by Crippen LogP contribution is -2.30. The molecule has 0 amide bonds. The summed E-state index contributed by atoms with van der Waals surface area (Å²) in [7, 11) is 0. The largest absolute Gasteiger partial charge is 0.462 e. The van der Waals surface area contributed by atoms with Crippen LogP contribution in [0.1, 0.15) is 380 Å². The number of carbonyl (C=O) groups is 3. The van der Waals surface area contributed by atoms with E-state index in [9.17, 15) is 14.4 Å². The van der Waals surface area contributed by atoms with E-state index < -0.39 is 6.10 Å². The van der Waals surface area contributed by atoms with Crippen LogP contribution in [0.25, 0.3) is 0 Å². The van der Waals surface area contributed by atoms with Gasteiger partial charge in [-0.3, -0.25) is 14.4 Å². The van der Waals surface area contributed by atoms with Gasteiger partial charge in [-0.1, -0.05) is 333 Å². The van der Waals surface area contributed by atoms with Crippen molar-refractivity contribution < 1.29 is 28.6 Å². The Balaban J connectivity index is 4.09. The molecule has 0 bridgehead atoms. The van der Waals surface area contributed by atoms with Crippen molar-refractivity contribution in [1.29, 1.82) is 0 Å². The highest BCUT2D eigenvalue weighted by atomic mass is 16.6. The normalized spacial score (nSPS) is 12.3. The van der Waals surface area contributed by atoms with Gasteiger partial charge in [0.25, 0.3) is 0 Å². The molecule has 0 spiro atoms. The maximum atomic E-state index is 12.9. The monoisotopic (exact) mass is 1110 g/mol. The average molecular weight is 1110 g/mol. The van der Waals surface area contributed by atoms with Crippen LogP contribution in [0.5, 0.6) is 0 Å². The smallest absolute Gasteiger partial charge is 0.306 e. The van der Waals surface area contributed by atoms with E-state index in [0.717, 1.165) is 89.9 Å². The highest BCUT2D eigenvalue weighted by Crippen LogP contribution is 2.18. The van der Waals surface area contributed by atoms with Crippen molar-refractivity contribution in [3.8, 4) is 0 Å². The molecule has 0 aromatic rings. The molecule has 0 aliphatic carbocycles. The molecule has 0 radical (unpaired) electrons. The Morgan fingerprint density at radius 2 is 0.468 bits per heavy atom. The molecule has 0 N–H and O–H groups in total. The van der Waals surface area contributed by atoms with Crippen LogP contribution in [0.3, 0.4) is 0 Å². The molecule has 6 nitrogen and oxygen atoms in total. The number of unbranched alkanes of at least 4 members (excludes halogenated alkanes) is 46. The summed E-state index contributed by atoms with van der Waals surface area (Å²) in [5.74, 6) is -0.863. The van der Waals surface area contributed by atoms with Gasteiger partial charge in [0, 0.05) is 19.3 Å². The summed E-state index contributed by atoms with van der Waals surface area (Å²) in [4.78, 5) is 38.3. The van der Waals surface area contributed by atoms with E-state index >= 15 is 0 Å². The molecular weight excluding hydrogens is 973 g/mol. The van der Waals surface area contributed by atoms with Gasteiger partial charge in [-0.25, -0.2) is 0 Å². The fraction of sp³-hybridized carbons (Fsp3) is 0.849. The van der Waals surface area contributed by atoms with Crippen molar-refractivity contribution in [1.82, 2.24) is 0 Å². The topological polar surface area (TPSA) is 78.9 Å². The summed E-state index contributed by atoms with van der Waals surface area (Å²) in [6, 6.07) is 0. The minimum atomic E-state index is -0.777. The fourth-order valence-electron chi connectivity index (χ4n) is 10.5. The van der Waals surface area contributed by atoms with Gasteiger partial charge in [0.15, 0.2) is 6.10 Å². The summed E-state index contributed by atoms with van der Waals surface area (Å²) in [6.45, 7) is 6.63. The number of esters is 3. The molecule has 462 valence electrons. The maximum absolute atomic E-state index is 12.9. The van der Waals surface area contributed by atoms with E-state index in [4.69, 9.17) is 14.2 Å². The van der Waals surface area contributed by atoms with E-state index in [1.54, 1.807) is 0 Å². The highest BCUT2D eigenvalue weighted by molar-refractivity contribution is 5.71. The van der Waals surface area contributed by atoms with E-state index in [1.165, 1.54) is 250 Å². The first-order valence-electron chi connectivity index (χ1n) is 35.1. The van der Waals surface area contributed by atoms with Crippen LogP contribution in [0.2, 0.25) is 0 Å². The van der Waals surface area contributed by atoms with Gasteiger partial charge in [-0.2, -0.15) is 0 Å². The van der Waals surface area contributed by atoms with Crippen LogP contribution < -0.4 is 0 Å². The maximum Gasteiger partial charge on any atom is 0.306 e. The number of carbonyl (C=O) groups excluding carboxylic acids is 3. The molecular formula is C73H134O6. The molecule has 0 saturated carbocycles. The minimum Gasteiger partial charge on any atom is -0.462 e. The third kappa shape index (κ3) is 66.1. The van der Waals surface area contributed by atoms with Crippen LogP contribution in [-0.4, -0.2) is 37.2 Å². The molecule has 0 aliphatic heterocycles. The van der Waals surface area contributed by atoms with Gasteiger partial charge < -0.3 is 14.2 Å². The first-order chi connectivity index (χ1) is 39.0. The van der Waals surface area contributed by atoms with Gasteiger partial charge in [-0.05, 0) is 77.0 Å². The predicted molar refractivity (Wildman–Crippen MR) is 344 cm³/mol. The Morgan fingerprint density at radius 3 is 0.734 bits per heavy atom. The predicted octanol–water partition coefficient (Wildman–Crippen LogP) is 24.1. The molecule has 0 heterocycles. The molecule has 0 fully saturated rings. The SMILES string of the molecule is CCCC/C=C\C/C=C\CCCCCCCC(=O)OC(COC(=O)CCCCCCCCCCCCCCCC)COC(=O)CCCCCCCCCCCCCCCCCCCCCCC/C=C\C/C=C\CCCCCCC. The molecule has 0 rings (SSSR count). The third-order valence-corrected chi connectivity index (χ3v) is 15.8. The second-order valence-corrected chi connectivity index (χ2v) is 23.8. The summed E-state index contributed by atoms with van der Waals surface area (Å²) < 4.78 is 16.9. The molecule has 79 heavy (non-hydrogen) atoms. The lowest BCUT2D eigenvalue weighted by Gasteiger charge is -2.18. The Hall–Kier alpha value is -2.63. The quantitative estimate of drug-likeness (QED) is 0.0261. The van der Waals surface area contributed by atoms with E-state index in [0.29, 0.717) is 19.3 Å². The Morgan fingerprint density at radius 1 is 0.253 bits per heavy atom. The van der Waals surface area contributed by atoms with Crippen molar-refractivity contribution in [2.24, 2.45) is 0 Å². The van der Waals surface area contributed by atoms with Gasteiger partial charge in [0.05, 0.1) is 0 Å². The average Bonchev–Trinajstić information content (AvgIpc) is 3.45. The molecule has 0 aliphatic rings. The third-order valence-electron chi connectivity index (χ3n) is 15.8. The van der Waals surface area contributed by atoms with Crippen LogP contribution in [0, 0.1) is 0 Å².